The largest absolute Gasteiger partial charge is 0.457 e. The lowest BCUT2D eigenvalue weighted by molar-refractivity contribution is 0.478. The molecule has 0 aliphatic heterocycles. The molecule has 0 spiro atoms. The van der Waals surface area contributed by atoms with Crippen molar-refractivity contribution in [1.82, 2.24) is 0 Å². The molecule has 24 heavy (non-hydrogen) atoms. The van der Waals surface area contributed by atoms with Crippen LogP contribution in [0.1, 0.15) is 5.56 Å². The van der Waals surface area contributed by atoms with Crippen LogP contribution < -0.4 is 10.1 Å². The summed E-state index contributed by atoms with van der Waals surface area (Å²) in [5, 5.41) is 12.0. The lowest BCUT2D eigenvalue weighted by atomic mass is 10.0. The smallest absolute Gasteiger partial charge is 0.137 e. The van der Waals surface area contributed by atoms with Gasteiger partial charge in [0.15, 0.2) is 0 Å². The highest BCUT2D eigenvalue weighted by Gasteiger charge is 2.09. The summed E-state index contributed by atoms with van der Waals surface area (Å²) in [6.45, 7) is 0. The van der Waals surface area contributed by atoms with E-state index in [0.29, 0.717) is 17.1 Å². The SMILES string of the molecule is CNc1ccc(-c2ccc(C#N)cc2)c(Oc2cccc(F)c2)c1. The van der Waals surface area contributed by atoms with Gasteiger partial charge in [-0.3, -0.25) is 0 Å². The van der Waals surface area contributed by atoms with Crippen molar-refractivity contribution in [3.05, 3.63) is 78.1 Å². The number of nitrogens with zero attached hydrogens (tertiary/aromatic N) is 1. The molecule has 3 aromatic carbocycles. The molecule has 0 atom stereocenters. The van der Waals surface area contributed by atoms with Gasteiger partial charge in [0.05, 0.1) is 11.6 Å². The van der Waals surface area contributed by atoms with E-state index in [4.69, 9.17) is 10.00 Å². The normalized spacial score (nSPS) is 10.0. The van der Waals surface area contributed by atoms with E-state index in [1.807, 2.05) is 37.4 Å². The molecule has 0 amide bonds. The number of hydrogen-bond donors (Lipinski definition) is 1. The summed E-state index contributed by atoms with van der Waals surface area (Å²) in [5.41, 5.74) is 3.27. The molecule has 0 aromatic heterocycles. The van der Waals surface area contributed by atoms with Crippen LogP contribution in [0.3, 0.4) is 0 Å². The van der Waals surface area contributed by atoms with Crippen LogP contribution in [-0.2, 0) is 0 Å². The molecule has 3 aromatic rings. The first-order chi connectivity index (χ1) is 11.7. The Morgan fingerprint density at radius 3 is 2.46 bits per heavy atom. The van der Waals surface area contributed by atoms with E-state index in [1.54, 1.807) is 24.3 Å². The molecule has 3 rings (SSSR count). The van der Waals surface area contributed by atoms with Crippen molar-refractivity contribution >= 4 is 5.69 Å². The van der Waals surface area contributed by atoms with Crippen LogP contribution in [0.25, 0.3) is 11.1 Å². The molecule has 0 fully saturated rings. The molecule has 0 aliphatic carbocycles. The first kappa shape index (κ1) is 15.6. The number of nitrogens with one attached hydrogen (secondary N) is 1. The van der Waals surface area contributed by atoms with Gasteiger partial charge in [-0.1, -0.05) is 18.2 Å². The minimum Gasteiger partial charge on any atom is -0.457 e. The van der Waals surface area contributed by atoms with E-state index in [0.717, 1.165) is 16.8 Å². The summed E-state index contributed by atoms with van der Waals surface area (Å²) in [4.78, 5) is 0. The van der Waals surface area contributed by atoms with Gasteiger partial charge in [-0.05, 0) is 42.0 Å². The zero-order chi connectivity index (χ0) is 16.9. The topological polar surface area (TPSA) is 45.0 Å². The van der Waals surface area contributed by atoms with E-state index < -0.39 is 0 Å². The molecule has 0 heterocycles. The van der Waals surface area contributed by atoms with Crippen molar-refractivity contribution in [2.24, 2.45) is 0 Å². The van der Waals surface area contributed by atoms with Crippen molar-refractivity contribution in [2.75, 3.05) is 12.4 Å². The van der Waals surface area contributed by atoms with Crippen LogP contribution in [-0.4, -0.2) is 7.05 Å². The van der Waals surface area contributed by atoms with Crippen molar-refractivity contribution in [1.29, 1.82) is 5.26 Å². The maximum Gasteiger partial charge on any atom is 0.137 e. The Morgan fingerprint density at radius 2 is 1.79 bits per heavy atom. The summed E-state index contributed by atoms with van der Waals surface area (Å²) < 4.78 is 19.3. The summed E-state index contributed by atoms with van der Waals surface area (Å²) >= 11 is 0. The van der Waals surface area contributed by atoms with Gasteiger partial charge < -0.3 is 10.1 Å². The van der Waals surface area contributed by atoms with Crippen LogP contribution in [0.4, 0.5) is 10.1 Å². The maximum absolute atomic E-state index is 13.4. The lowest BCUT2D eigenvalue weighted by Crippen LogP contribution is -1.93. The van der Waals surface area contributed by atoms with Crippen molar-refractivity contribution < 1.29 is 9.13 Å². The molecule has 4 heteroatoms. The Bertz CT molecular complexity index is 898. The predicted molar refractivity (Wildman–Crippen MR) is 92.6 cm³/mol. The fraction of sp³-hybridized carbons (Fsp3) is 0.0500. The van der Waals surface area contributed by atoms with Crippen LogP contribution in [0, 0.1) is 17.1 Å². The van der Waals surface area contributed by atoms with Crippen LogP contribution in [0.5, 0.6) is 11.5 Å². The number of halogens is 1. The van der Waals surface area contributed by atoms with E-state index in [9.17, 15) is 4.39 Å². The van der Waals surface area contributed by atoms with Crippen molar-refractivity contribution in [3.63, 3.8) is 0 Å². The first-order valence-electron chi connectivity index (χ1n) is 7.45. The highest BCUT2D eigenvalue weighted by atomic mass is 19.1. The quantitative estimate of drug-likeness (QED) is 0.719. The van der Waals surface area contributed by atoms with Gasteiger partial charge in [0.1, 0.15) is 17.3 Å². The third kappa shape index (κ3) is 3.36. The average Bonchev–Trinajstić information content (AvgIpc) is 2.62. The van der Waals surface area contributed by atoms with Gasteiger partial charge in [0, 0.05) is 30.4 Å². The Kier molecular flexibility index (Phi) is 4.44. The van der Waals surface area contributed by atoms with Crippen LogP contribution >= 0.6 is 0 Å². The maximum atomic E-state index is 13.4. The minimum absolute atomic E-state index is 0.350. The predicted octanol–water partition coefficient (Wildman–Crippen LogP) is 5.20. The number of anilines is 1. The van der Waals surface area contributed by atoms with E-state index in [-0.39, 0.29) is 5.82 Å². The molecule has 0 unspecified atom stereocenters. The van der Waals surface area contributed by atoms with Crippen molar-refractivity contribution in [2.45, 2.75) is 0 Å². The molecular weight excluding hydrogens is 303 g/mol. The van der Waals surface area contributed by atoms with Crippen LogP contribution in [0.2, 0.25) is 0 Å². The second-order valence-corrected chi connectivity index (χ2v) is 5.21. The van der Waals surface area contributed by atoms with Crippen molar-refractivity contribution in [3.8, 4) is 28.7 Å². The summed E-state index contributed by atoms with van der Waals surface area (Å²) in [7, 11) is 1.82. The molecule has 0 radical (unpaired) electrons. The monoisotopic (exact) mass is 318 g/mol. The molecule has 0 bridgehead atoms. The second-order valence-electron chi connectivity index (χ2n) is 5.21. The molecule has 0 aliphatic rings. The van der Waals surface area contributed by atoms with Gasteiger partial charge in [-0.2, -0.15) is 5.26 Å². The summed E-state index contributed by atoms with van der Waals surface area (Å²) in [6, 6.07) is 21.1. The third-order valence-electron chi connectivity index (χ3n) is 3.62. The molecule has 1 N–H and O–H groups in total. The fourth-order valence-corrected chi connectivity index (χ4v) is 2.38. The first-order valence-corrected chi connectivity index (χ1v) is 7.45. The van der Waals surface area contributed by atoms with Gasteiger partial charge in [0.2, 0.25) is 0 Å². The number of benzene rings is 3. The summed E-state index contributed by atoms with van der Waals surface area (Å²) in [5.74, 6) is 0.687. The molecule has 118 valence electrons. The highest BCUT2D eigenvalue weighted by Crippen LogP contribution is 2.35. The van der Waals surface area contributed by atoms with E-state index in [2.05, 4.69) is 11.4 Å². The van der Waals surface area contributed by atoms with Gasteiger partial charge >= 0.3 is 0 Å². The van der Waals surface area contributed by atoms with Gasteiger partial charge in [0.25, 0.3) is 0 Å². The fourth-order valence-electron chi connectivity index (χ4n) is 2.38. The highest BCUT2D eigenvalue weighted by molar-refractivity contribution is 5.74. The molecule has 0 saturated carbocycles. The zero-order valence-corrected chi connectivity index (χ0v) is 13.1. The standard InChI is InChI=1S/C20H15FN2O/c1-23-17-9-10-19(15-7-5-14(13-22)6-8-15)20(12-17)24-18-4-2-3-16(21)11-18/h2-12,23H,1H3. The van der Waals surface area contributed by atoms with Gasteiger partial charge in [-0.15, -0.1) is 0 Å². The van der Waals surface area contributed by atoms with Gasteiger partial charge in [-0.25, -0.2) is 4.39 Å². The van der Waals surface area contributed by atoms with E-state index >= 15 is 0 Å². The minimum atomic E-state index is -0.350. The lowest BCUT2D eigenvalue weighted by Gasteiger charge is -2.13. The Balaban J connectivity index is 2.03. The van der Waals surface area contributed by atoms with Crippen LogP contribution in [0.15, 0.2) is 66.7 Å². The summed E-state index contributed by atoms with van der Waals surface area (Å²) in [6.07, 6.45) is 0. The second kappa shape index (κ2) is 6.84. The number of hydrogen-bond acceptors (Lipinski definition) is 3. The number of ether oxygens (including phenoxy) is 1. The molecule has 0 saturated heterocycles. The Labute approximate surface area is 139 Å². The Hall–Kier alpha value is -3.32. The Morgan fingerprint density at radius 1 is 1.00 bits per heavy atom. The zero-order valence-electron chi connectivity index (χ0n) is 13.1. The third-order valence-corrected chi connectivity index (χ3v) is 3.62. The average molecular weight is 318 g/mol. The number of nitriles is 1. The molecular formula is C20H15FN2O. The molecule has 3 nitrogen and oxygen atoms in total. The number of rotatable bonds is 4. The van der Waals surface area contributed by atoms with E-state index in [1.165, 1.54) is 12.1 Å².